The van der Waals surface area contributed by atoms with Gasteiger partial charge in [0, 0.05) is 18.8 Å². The lowest BCUT2D eigenvalue weighted by molar-refractivity contribution is 0.220. The molecule has 0 spiro atoms. The number of aromatic nitrogens is 1. The van der Waals surface area contributed by atoms with E-state index in [1.165, 1.54) is 0 Å². The number of pyridine rings is 1. The van der Waals surface area contributed by atoms with Gasteiger partial charge in [-0.2, -0.15) is 0 Å². The fraction of sp³-hybridized carbons (Fsp3) is 0.571. The minimum atomic E-state index is 0.0414. The minimum absolute atomic E-state index is 0.0414. The summed E-state index contributed by atoms with van der Waals surface area (Å²) in [5.74, 6) is 0.724. The van der Waals surface area contributed by atoms with Gasteiger partial charge in [0.25, 0.3) is 0 Å². The lowest BCUT2D eigenvalue weighted by atomic mass is 10.0. The highest BCUT2D eigenvalue weighted by Gasteiger charge is 2.12. The Morgan fingerprint density at radius 2 is 2.16 bits per heavy atom. The highest BCUT2D eigenvalue weighted by atomic mass is 16.4. The Morgan fingerprint density at radius 1 is 1.47 bits per heavy atom. The van der Waals surface area contributed by atoms with Crippen molar-refractivity contribution in [2.75, 3.05) is 7.05 Å². The van der Waals surface area contributed by atoms with E-state index in [1.54, 1.807) is 6.20 Å². The zero-order chi connectivity index (χ0) is 14.4. The monoisotopic (exact) mass is 264 g/mol. The topological polar surface area (TPSA) is 74.7 Å². The van der Waals surface area contributed by atoms with Crippen molar-refractivity contribution < 1.29 is 5.21 Å². The van der Waals surface area contributed by atoms with Gasteiger partial charge in [-0.25, -0.2) is 0 Å². The molecule has 1 aromatic heterocycles. The molecule has 0 amide bonds. The van der Waals surface area contributed by atoms with Crippen molar-refractivity contribution in [3.63, 3.8) is 0 Å². The lowest BCUT2D eigenvalue weighted by Gasteiger charge is -2.26. The molecule has 0 saturated carbocycles. The molecule has 0 aromatic carbocycles. The Morgan fingerprint density at radius 3 is 2.74 bits per heavy atom. The molecule has 19 heavy (non-hydrogen) atoms. The average molecular weight is 264 g/mol. The molecule has 0 fully saturated rings. The molecular weight excluding hydrogens is 240 g/mol. The largest absolute Gasteiger partial charge is 0.409 e. The summed E-state index contributed by atoms with van der Waals surface area (Å²) in [4.78, 5) is 6.37. The van der Waals surface area contributed by atoms with Gasteiger partial charge in [-0.15, -0.1) is 0 Å². The fourth-order valence-corrected chi connectivity index (χ4v) is 2.07. The van der Waals surface area contributed by atoms with Crippen LogP contribution in [0.25, 0.3) is 0 Å². The molecule has 5 nitrogen and oxygen atoms in total. The van der Waals surface area contributed by atoms with Crippen molar-refractivity contribution in [3.05, 3.63) is 29.6 Å². The Bertz CT molecular complexity index is 431. The van der Waals surface area contributed by atoms with Crippen LogP contribution in [0, 0.1) is 5.92 Å². The Hall–Kier alpha value is -1.62. The van der Waals surface area contributed by atoms with Crippen molar-refractivity contribution in [2.45, 2.75) is 39.8 Å². The summed E-state index contributed by atoms with van der Waals surface area (Å²) < 4.78 is 0. The zero-order valence-electron chi connectivity index (χ0n) is 12.2. The van der Waals surface area contributed by atoms with E-state index in [0.717, 1.165) is 18.5 Å². The summed E-state index contributed by atoms with van der Waals surface area (Å²) >= 11 is 0. The Kier molecular flexibility index (Phi) is 5.76. The molecule has 1 rings (SSSR count). The van der Waals surface area contributed by atoms with Crippen LogP contribution >= 0.6 is 0 Å². The maximum absolute atomic E-state index is 8.66. The van der Waals surface area contributed by atoms with Gasteiger partial charge in [-0.05, 0) is 44.0 Å². The molecule has 0 saturated heterocycles. The fourth-order valence-electron chi connectivity index (χ4n) is 2.07. The average Bonchev–Trinajstić information content (AvgIpc) is 2.37. The summed E-state index contributed by atoms with van der Waals surface area (Å²) in [5.41, 5.74) is 7.15. The first-order valence-electron chi connectivity index (χ1n) is 6.57. The first-order valence-corrected chi connectivity index (χ1v) is 6.57. The van der Waals surface area contributed by atoms with Crippen LogP contribution in [0.5, 0.6) is 0 Å². The van der Waals surface area contributed by atoms with Gasteiger partial charge in [-0.1, -0.05) is 19.0 Å². The van der Waals surface area contributed by atoms with Gasteiger partial charge in [0.1, 0.15) is 5.69 Å². The van der Waals surface area contributed by atoms with E-state index in [9.17, 15) is 0 Å². The minimum Gasteiger partial charge on any atom is -0.409 e. The summed E-state index contributed by atoms with van der Waals surface area (Å²) in [5, 5.41) is 11.6. The first-order chi connectivity index (χ1) is 8.93. The molecule has 0 aliphatic carbocycles. The summed E-state index contributed by atoms with van der Waals surface area (Å²) in [6.45, 7) is 7.51. The second-order valence-corrected chi connectivity index (χ2v) is 5.43. The first kappa shape index (κ1) is 15.4. The molecule has 0 bridgehead atoms. The van der Waals surface area contributed by atoms with Crippen molar-refractivity contribution in [1.82, 2.24) is 9.88 Å². The summed E-state index contributed by atoms with van der Waals surface area (Å²) in [6.07, 6.45) is 2.85. The molecule has 1 aromatic rings. The predicted molar refractivity (Wildman–Crippen MR) is 77.1 cm³/mol. The zero-order valence-corrected chi connectivity index (χ0v) is 12.2. The van der Waals surface area contributed by atoms with E-state index < -0.39 is 0 Å². The lowest BCUT2D eigenvalue weighted by Crippen LogP contribution is -2.30. The van der Waals surface area contributed by atoms with Crippen LogP contribution in [0.1, 0.15) is 38.4 Å². The van der Waals surface area contributed by atoms with Crippen molar-refractivity contribution in [2.24, 2.45) is 16.8 Å². The highest BCUT2D eigenvalue weighted by Crippen LogP contribution is 2.13. The number of amidine groups is 1. The number of hydrogen-bond acceptors (Lipinski definition) is 4. The van der Waals surface area contributed by atoms with Crippen LogP contribution in [0.3, 0.4) is 0 Å². The van der Waals surface area contributed by atoms with E-state index in [2.05, 4.69) is 42.9 Å². The van der Waals surface area contributed by atoms with E-state index >= 15 is 0 Å². The molecule has 1 heterocycles. The summed E-state index contributed by atoms with van der Waals surface area (Å²) in [7, 11) is 2.11. The van der Waals surface area contributed by atoms with E-state index in [0.29, 0.717) is 17.7 Å². The molecule has 0 aliphatic heterocycles. The van der Waals surface area contributed by atoms with Crippen LogP contribution < -0.4 is 5.73 Å². The van der Waals surface area contributed by atoms with E-state index in [4.69, 9.17) is 10.9 Å². The molecule has 0 aliphatic rings. The number of nitrogens with two attached hydrogens (primary N) is 1. The van der Waals surface area contributed by atoms with E-state index in [1.807, 2.05) is 12.1 Å². The molecule has 5 heteroatoms. The maximum Gasteiger partial charge on any atom is 0.188 e. The number of rotatable bonds is 6. The van der Waals surface area contributed by atoms with Crippen molar-refractivity contribution in [1.29, 1.82) is 0 Å². The Balaban J connectivity index is 2.71. The SMILES string of the molecule is CC(C)CC(C)N(C)Cc1ccnc(C(N)=NO)c1. The quantitative estimate of drug-likeness (QED) is 0.357. The molecule has 106 valence electrons. The van der Waals surface area contributed by atoms with Gasteiger partial charge in [0.2, 0.25) is 0 Å². The third-order valence-electron chi connectivity index (χ3n) is 3.19. The number of hydrogen-bond donors (Lipinski definition) is 2. The van der Waals surface area contributed by atoms with Gasteiger partial charge in [0.05, 0.1) is 0 Å². The number of oxime groups is 1. The van der Waals surface area contributed by atoms with E-state index in [-0.39, 0.29) is 5.84 Å². The molecule has 1 atom stereocenters. The van der Waals surface area contributed by atoms with Gasteiger partial charge >= 0.3 is 0 Å². The van der Waals surface area contributed by atoms with Crippen LogP contribution in [-0.2, 0) is 6.54 Å². The molecular formula is C14H24N4O. The van der Waals surface area contributed by atoms with Crippen molar-refractivity contribution >= 4 is 5.84 Å². The third kappa shape index (κ3) is 4.87. The van der Waals surface area contributed by atoms with Gasteiger partial charge in [-0.3, -0.25) is 9.88 Å². The van der Waals surface area contributed by atoms with Gasteiger partial charge < -0.3 is 10.9 Å². The van der Waals surface area contributed by atoms with Crippen LogP contribution in [-0.4, -0.2) is 34.0 Å². The second-order valence-electron chi connectivity index (χ2n) is 5.43. The third-order valence-corrected chi connectivity index (χ3v) is 3.19. The normalized spacial score (nSPS) is 14.1. The molecule has 0 radical (unpaired) electrons. The van der Waals surface area contributed by atoms with Gasteiger partial charge in [0.15, 0.2) is 5.84 Å². The molecule has 3 N–H and O–H groups in total. The standard InChI is InChI=1S/C14H24N4O/c1-10(2)7-11(3)18(4)9-12-5-6-16-13(8-12)14(15)17-19/h5-6,8,10-11,19H,7,9H2,1-4H3,(H2,15,17). The highest BCUT2D eigenvalue weighted by molar-refractivity contribution is 5.95. The Labute approximate surface area is 115 Å². The van der Waals surface area contributed by atoms with Crippen LogP contribution in [0.15, 0.2) is 23.5 Å². The molecule has 1 unspecified atom stereocenters. The predicted octanol–water partition coefficient (Wildman–Crippen LogP) is 2.04. The smallest absolute Gasteiger partial charge is 0.188 e. The van der Waals surface area contributed by atoms with Crippen molar-refractivity contribution in [3.8, 4) is 0 Å². The summed E-state index contributed by atoms with van der Waals surface area (Å²) in [6, 6.07) is 4.32. The van der Waals surface area contributed by atoms with Crippen LogP contribution in [0.4, 0.5) is 0 Å². The van der Waals surface area contributed by atoms with Crippen LogP contribution in [0.2, 0.25) is 0 Å². The number of nitrogens with zero attached hydrogens (tertiary/aromatic N) is 3. The second kappa shape index (κ2) is 7.09. The maximum atomic E-state index is 8.66.